The van der Waals surface area contributed by atoms with Crippen molar-refractivity contribution in [2.75, 3.05) is 0 Å². The van der Waals surface area contributed by atoms with Crippen LogP contribution in [-0.4, -0.2) is 12.0 Å². The van der Waals surface area contributed by atoms with Crippen molar-refractivity contribution in [1.29, 1.82) is 0 Å². The fourth-order valence-corrected chi connectivity index (χ4v) is 2.36. The zero-order valence-corrected chi connectivity index (χ0v) is 13.8. The quantitative estimate of drug-likeness (QED) is 0.910. The molecule has 2 rings (SSSR count). The number of aryl methyl sites for hydroxylation is 2. The average molecular weight is 301 g/mol. The molecule has 0 saturated carbocycles. The van der Waals surface area contributed by atoms with Gasteiger partial charge in [-0.05, 0) is 52.3 Å². The molecule has 4 nitrogen and oxygen atoms in total. The first-order valence-electron chi connectivity index (χ1n) is 7.49. The van der Waals surface area contributed by atoms with Crippen molar-refractivity contribution >= 4 is 5.91 Å². The van der Waals surface area contributed by atoms with Gasteiger partial charge in [-0.1, -0.05) is 12.1 Å². The zero-order valence-electron chi connectivity index (χ0n) is 13.8. The highest BCUT2D eigenvalue weighted by molar-refractivity contribution is 5.96. The van der Waals surface area contributed by atoms with Gasteiger partial charge in [0.25, 0.3) is 5.91 Å². The summed E-state index contributed by atoms with van der Waals surface area (Å²) in [4.78, 5) is 12.3. The minimum Gasteiger partial charge on any atom is -0.491 e. The average Bonchev–Trinajstić information content (AvgIpc) is 2.70. The highest BCUT2D eigenvalue weighted by atomic mass is 16.5. The van der Waals surface area contributed by atoms with Crippen LogP contribution >= 0.6 is 0 Å². The third-order valence-corrected chi connectivity index (χ3v) is 3.54. The number of hydrogen-bond acceptors (Lipinski definition) is 3. The molecule has 22 heavy (non-hydrogen) atoms. The number of amides is 1. The molecule has 0 aliphatic heterocycles. The summed E-state index contributed by atoms with van der Waals surface area (Å²) in [6.07, 6.45) is 0.154. The van der Waals surface area contributed by atoms with Crippen LogP contribution in [0.3, 0.4) is 0 Å². The van der Waals surface area contributed by atoms with Gasteiger partial charge in [0.1, 0.15) is 17.3 Å². The Balaban J connectivity index is 1.99. The van der Waals surface area contributed by atoms with Gasteiger partial charge in [-0.2, -0.15) is 0 Å². The number of furan rings is 1. The molecular weight excluding hydrogens is 278 g/mol. The number of carbonyl (C=O) groups is 1. The van der Waals surface area contributed by atoms with E-state index in [0.29, 0.717) is 17.9 Å². The van der Waals surface area contributed by atoms with E-state index in [-0.39, 0.29) is 12.0 Å². The third-order valence-electron chi connectivity index (χ3n) is 3.54. The molecular formula is C18H23NO3. The SMILES string of the molecule is Cc1oc(C)c(C(=O)NCc2ccc(OC(C)C)cc2)c1C. The summed E-state index contributed by atoms with van der Waals surface area (Å²) >= 11 is 0. The van der Waals surface area contributed by atoms with Gasteiger partial charge < -0.3 is 14.5 Å². The van der Waals surface area contributed by atoms with Crippen molar-refractivity contribution in [3.8, 4) is 5.75 Å². The van der Waals surface area contributed by atoms with Crippen LogP contribution in [0.1, 0.15) is 46.9 Å². The van der Waals surface area contributed by atoms with Gasteiger partial charge in [-0.15, -0.1) is 0 Å². The molecule has 4 heteroatoms. The van der Waals surface area contributed by atoms with E-state index in [1.807, 2.05) is 58.9 Å². The lowest BCUT2D eigenvalue weighted by Crippen LogP contribution is -2.23. The number of ether oxygens (including phenoxy) is 1. The van der Waals surface area contributed by atoms with Crippen LogP contribution < -0.4 is 10.1 Å². The maximum absolute atomic E-state index is 12.3. The molecule has 2 aromatic rings. The molecule has 0 spiro atoms. The Morgan fingerprint density at radius 2 is 1.77 bits per heavy atom. The Bertz CT molecular complexity index is 654. The van der Waals surface area contributed by atoms with Crippen LogP contribution in [0, 0.1) is 20.8 Å². The van der Waals surface area contributed by atoms with E-state index in [1.165, 1.54) is 0 Å². The molecule has 0 fully saturated rings. The van der Waals surface area contributed by atoms with Crippen molar-refractivity contribution in [3.63, 3.8) is 0 Å². The van der Waals surface area contributed by atoms with E-state index in [2.05, 4.69) is 5.32 Å². The van der Waals surface area contributed by atoms with Crippen LogP contribution in [-0.2, 0) is 6.54 Å². The zero-order chi connectivity index (χ0) is 16.3. The molecule has 0 bridgehead atoms. The summed E-state index contributed by atoms with van der Waals surface area (Å²) in [6, 6.07) is 7.75. The monoisotopic (exact) mass is 301 g/mol. The topological polar surface area (TPSA) is 51.5 Å². The van der Waals surface area contributed by atoms with Gasteiger partial charge in [0, 0.05) is 12.1 Å². The summed E-state index contributed by atoms with van der Waals surface area (Å²) in [6.45, 7) is 10.0. The van der Waals surface area contributed by atoms with Crippen LogP contribution in [0.2, 0.25) is 0 Å². The summed E-state index contributed by atoms with van der Waals surface area (Å²) in [5.74, 6) is 2.18. The van der Waals surface area contributed by atoms with Crippen molar-refractivity contribution in [3.05, 3.63) is 52.5 Å². The number of hydrogen-bond donors (Lipinski definition) is 1. The molecule has 0 atom stereocenters. The molecule has 0 unspecified atom stereocenters. The highest BCUT2D eigenvalue weighted by Crippen LogP contribution is 2.20. The first-order valence-corrected chi connectivity index (χ1v) is 7.49. The maximum atomic E-state index is 12.3. The Hall–Kier alpha value is -2.23. The first kappa shape index (κ1) is 16.1. The predicted molar refractivity (Wildman–Crippen MR) is 86.3 cm³/mol. The largest absolute Gasteiger partial charge is 0.491 e. The van der Waals surface area contributed by atoms with Crippen LogP contribution in [0.5, 0.6) is 5.75 Å². The van der Waals surface area contributed by atoms with E-state index in [4.69, 9.17) is 9.15 Å². The molecule has 1 N–H and O–H groups in total. The summed E-state index contributed by atoms with van der Waals surface area (Å²) < 4.78 is 11.1. The molecule has 118 valence electrons. The third kappa shape index (κ3) is 3.70. The van der Waals surface area contributed by atoms with E-state index in [1.54, 1.807) is 0 Å². The highest BCUT2D eigenvalue weighted by Gasteiger charge is 2.18. The van der Waals surface area contributed by atoms with Gasteiger partial charge in [0.2, 0.25) is 0 Å². The maximum Gasteiger partial charge on any atom is 0.255 e. The second-order valence-corrected chi connectivity index (χ2v) is 5.71. The number of rotatable bonds is 5. The van der Waals surface area contributed by atoms with Gasteiger partial charge in [0.05, 0.1) is 11.7 Å². The lowest BCUT2D eigenvalue weighted by Gasteiger charge is -2.10. The number of carbonyl (C=O) groups excluding carboxylic acids is 1. The van der Waals surface area contributed by atoms with Crippen LogP contribution in [0.15, 0.2) is 28.7 Å². The molecule has 0 aliphatic carbocycles. The first-order chi connectivity index (χ1) is 10.4. The lowest BCUT2D eigenvalue weighted by molar-refractivity contribution is 0.0949. The molecule has 1 amide bonds. The predicted octanol–water partition coefficient (Wildman–Crippen LogP) is 3.92. The van der Waals surface area contributed by atoms with Gasteiger partial charge in [0.15, 0.2) is 0 Å². The lowest BCUT2D eigenvalue weighted by atomic mass is 10.1. The molecule has 1 aromatic carbocycles. The van der Waals surface area contributed by atoms with Crippen molar-refractivity contribution < 1.29 is 13.9 Å². The minimum atomic E-state index is -0.102. The summed E-state index contributed by atoms with van der Waals surface area (Å²) in [5.41, 5.74) is 2.56. The fourth-order valence-electron chi connectivity index (χ4n) is 2.36. The smallest absolute Gasteiger partial charge is 0.255 e. The van der Waals surface area contributed by atoms with E-state index >= 15 is 0 Å². The second-order valence-electron chi connectivity index (χ2n) is 5.71. The summed E-state index contributed by atoms with van der Waals surface area (Å²) in [7, 11) is 0. The van der Waals surface area contributed by atoms with Crippen LogP contribution in [0.4, 0.5) is 0 Å². The molecule has 0 radical (unpaired) electrons. The van der Waals surface area contributed by atoms with Crippen molar-refractivity contribution in [2.45, 2.75) is 47.3 Å². The number of benzene rings is 1. The van der Waals surface area contributed by atoms with Gasteiger partial charge in [-0.25, -0.2) is 0 Å². The van der Waals surface area contributed by atoms with E-state index in [9.17, 15) is 4.79 Å². The Kier molecular flexibility index (Phi) is 4.91. The molecule has 0 aliphatic rings. The Morgan fingerprint density at radius 3 is 2.27 bits per heavy atom. The summed E-state index contributed by atoms with van der Waals surface area (Å²) in [5, 5.41) is 2.93. The van der Waals surface area contributed by atoms with Crippen molar-refractivity contribution in [1.82, 2.24) is 5.32 Å². The Labute approximate surface area is 131 Å². The van der Waals surface area contributed by atoms with Crippen LogP contribution in [0.25, 0.3) is 0 Å². The molecule has 0 saturated heterocycles. The van der Waals surface area contributed by atoms with Crippen molar-refractivity contribution in [2.24, 2.45) is 0 Å². The normalized spacial score (nSPS) is 10.8. The Morgan fingerprint density at radius 1 is 1.14 bits per heavy atom. The molecule has 1 heterocycles. The second kappa shape index (κ2) is 6.69. The standard InChI is InChI=1S/C18H23NO3/c1-11(2)21-16-8-6-15(7-9-16)10-19-18(20)17-12(3)13(4)22-14(17)5/h6-9,11H,10H2,1-5H3,(H,19,20). The fraction of sp³-hybridized carbons (Fsp3) is 0.389. The van der Waals surface area contributed by atoms with Gasteiger partial charge >= 0.3 is 0 Å². The number of nitrogens with one attached hydrogen (secondary N) is 1. The van der Waals surface area contributed by atoms with E-state index < -0.39 is 0 Å². The van der Waals surface area contributed by atoms with E-state index in [0.717, 1.165) is 22.6 Å². The van der Waals surface area contributed by atoms with Gasteiger partial charge in [-0.3, -0.25) is 4.79 Å². The minimum absolute atomic E-state index is 0.102. The molecule has 1 aromatic heterocycles.